The minimum Gasteiger partial charge on any atom is -0.478 e. The van der Waals surface area contributed by atoms with Gasteiger partial charge in [0.25, 0.3) is 0 Å². The van der Waals surface area contributed by atoms with E-state index in [1.807, 2.05) is 60.7 Å². The van der Waals surface area contributed by atoms with Gasteiger partial charge in [-0.05, 0) is 42.3 Å². The molecule has 0 bridgehead atoms. The Hall–Kier alpha value is -5.28. The fraction of sp³-hybridized carbons (Fsp3) is 0.125. The number of rotatable bonds is 10. The molecule has 0 spiro atoms. The summed E-state index contributed by atoms with van der Waals surface area (Å²) >= 11 is 0. The van der Waals surface area contributed by atoms with E-state index in [-0.39, 0.29) is 42.1 Å². The lowest BCUT2D eigenvalue weighted by Gasteiger charge is -2.08. The normalized spacial score (nSPS) is 9.98. The molecule has 0 aliphatic heterocycles. The van der Waals surface area contributed by atoms with Crippen LogP contribution in [-0.2, 0) is 32.5 Å². The molecule has 0 heterocycles. The number of aromatic carboxylic acids is 1. The van der Waals surface area contributed by atoms with E-state index in [1.165, 1.54) is 24.3 Å². The molecule has 0 aliphatic rings. The summed E-state index contributed by atoms with van der Waals surface area (Å²) in [5.41, 5.74) is 1.97. The first-order valence-corrected chi connectivity index (χ1v) is 12.6. The maximum atomic E-state index is 12.1. The third kappa shape index (κ3) is 9.45. The van der Waals surface area contributed by atoms with Gasteiger partial charge in [0.2, 0.25) is 0 Å². The summed E-state index contributed by atoms with van der Waals surface area (Å²) in [6.45, 7) is 2.17. The third-order valence-corrected chi connectivity index (χ3v) is 5.42. The molecule has 41 heavy (non-hydrogen) atoms. The minimum absolute atomic E-state index is 0.0550. The monoisotopic (exact) mass is 556 g/mol. The van der Waals surface area contributed by atoms with Crippen LogP contribution in [0.2, 0.25) is 0 Å². The van der Waals surface area contributed by atoms with Gasteiger partial charge < -0.3 is 14.6 Å². The van der Waals surface area contributed by atoms with Gasteiger partial charge in [0.05, 0.1) is 28.9 Å². The Morgan fingerprint density at radius 3 is 1.32 bits per heavy atom. The number of esters is 2. The zero-order chi connectivity index (χ0) is 29.5. The van der Waals surface area contributed by atoms with E-state index >= 15 is 0 Å². The maximum Gasteiger partial charge on any atom is 0.373 e. The van der Waals surface area contributed by atoms with Crippen LogP contribution in [0.1, 0.15) is 59.5 Å². The van der Waals surface area contributed by atoms with Crippen LogP contribution in [0.3, 0.4) is 0 Å². The van der Waals surface area contributed by atoms with Crippen molar-refractivity contribution in [3.05, 3.63) is 143 Å². The van der Waals surface area contributed by atoms with Crippen LogP contribution < -0.4 is 0 Å². The summed E-state index contributed by atoms with van der Waals surface area (Å²) in [4.78, 5) is 56.0. The van der Waals surface area contributed by atoms with Crippen LogP contribution in [0, 0.1) is 0 Å². The lowest BCUT2D eigenvalue weighted by Crippen LogP contribution is -2.14. The van der Waals surface area contributed by atoms with E-state index in [4.69, 9.17) is 14.6 Å². The second kappa shape index (κ2) is 16.0. The summed E-state index contributed by atoms with van der Waals surface area (Å²) in [5.74, 6) is -3.10. The van der Waals surface area contributed by atoms with E-state index in [9.17, 15) is 19.2 Å². The molecule has 1 N–H and O–H groups in total. The highest BCUT2D eigenvalue weighted by Gasteiger charge is 2.20. The molecule has 0 unspecified atom stereocenters. The molecule has 0 saturated heterocycles. The third-order valence-electron chi connectivity index (χ3n) is 5.42. The predicted molar refractivity (Wildman–Crippen MR) is 148 cm³/mol. The zero-order valence-corrected chi connectivity index (χ0v) is 22.2. The second-order valence-electron chi connectivity index (χ2n) is 8.30. The predicted octanol–water partition coefficient (Wildman–Crippen LogP) is 5.89. The van der Waals surface area contributed by atoms with Crippen LogP contribution in [0.25, 0.3) is 0 Å². The molecule has 0 radical (unpaired) electrons. The van der Waals surface area contributed by atoms with Gasteiger partial charge in [0.15, 0.2) is 0 Å². The second-order valence-corrected chi connectivity index (χ2v) is 8.30. The fourth-order valence-electron chi connectivity index (χ4n) is 3.45. The Morgan fingerprint density at radius 2 is 0.902 bits per heavy atom. The standard InChI is InChI=1S/C17H16O5.C15H12O4/c1-2-21-22-17(19)15-11-7-6-10-14(15)16(18)20-12-13-8-4-3-5-9-13;16-14(17)12-8-4-5-9-13(12)15(18)19-10-11-6-2-1-3-7-11/h3-11H,2,12H2,1H3;1-9H,10H2,(H,16,17). The molecule has 0 saturated carbocycles. The summed E-state index contributed by atoms with van der Waals surface area (Å²) in [5, 5.41) is 8.99. The molecule has 4 rings (SSSR count). The Morgan fingerprint density at radius 1 is 0.537 bits per heavy atom. The highest BCUT2D eigenvalue weighted by molar-refractivity contribution is 6.03. The fourth-order valence-corrected chi connectivity index (χ4v) is 3.45. The topological polar surface area (TPSA) is 125 Å². The first kappa shape index (κ1) is 30.3. The maximum absolute atomic E-state index is 12.1. The lowest BCUT2D eigenvalue weighted by molar-refractivity contribution is -0.236. The number of ether oxygens (including phenoxy) is 2. The number of hydrogen-bond donors (Lipinski definition) is 1. The van der Waals surface area contributed by atoms with Gasteiger partial charge in [-0.25, -0.2) is 19.2 Å². The van der Waals surface area contributed by atoms with E-state index in [0.29, 0.717) is 0 Å². The van der Waals surface area contributed by atoms with Crippen molar-refractivity contribution in [3.8, 4) is 0 Å². The highest BCUT2D eigenvalue weighted by atomic mass is 17.2. The molecule has 9 nitrogen and oxygen atoms in total. The average molecular weight is 557 g/mol. The largest absolute Gasteiger partial charge is 0.478 e. The van der Waals surface area contributed by atoms with Gasteiger partial charge in [-0.1, -0.05) is 84.9 Å². The minimum atomic E-state index is -1.15. The molecule has 4 aromatic rings. The van der Waals surface area contributed by atoms with Crippen LogP contribution in [0.15, 0.2) is 109 Å². The Labute approximate surface area is 236 Å². The summed E-state index contributed by atoms with van der Waals surface area (Å²) < 4.78 is 10.3. The van der Waals surface area contributed by atoms with Gasteiger partial charge >= 0.3 is 23.9 Å². The first-order chi connectivity index (χ1) is 19.9. The van der Waals surface area contributed by atoms with Gasteiger partial charge in [-0.3, -0.25) is 4.89 Å². The summed E-state index contributed by atoms with van der Waals surface area (Å²) in [7, 11) is 0. The van der Waals surface area contributed by atoms with Crippen molar-refractivity contribution in [3.63, 3.8) is 0 Å². The number of carboxylic acids is 1. The molecule has 210 valence electrons. The van der Waals surface area contributed by atoms with E-state index in [1.54, 1.807) is 31.2 Å². The molecule has 0 aliphatic carbocycles. The van der Waals surface area contributed by atoms with Crippen LogP contribution in [0.5, 0.6) is 0 Å². The zero-order valence-electron chi connectivity index (χ0n) is 22.2. The van der Waals surface area contributed by atoms with Crippen molar-refractivity contribution < 1.29 is 43.5 Å². The number of carboxylic acid groups (broad SMARTS) is 1. The number of benzene rings is 4. The van der Waals surface area contributed by atoms with E-state index in [2.05, 4.69) is 9.78 Å². The van der Waals surface area contributed by atoms with E-state index in [0.717, 1.165) is 11.1 Å². The van der Waals surface area contributed by atoms with Gasteiger partial charge in [0, 0.05) is 0 Å². The summed E-state index contributed by atoms with van der Waals surface area (Å²) in [6.07, 6.45) is 0. The first-order valence-electron chi connectivity index (χ1n) is 12.6. The van der Waals surface area contributed by atoms with Gasteiger partial charge in [0.1, 0.15) is 13.2 Å². The molecule has 0 amide bonds. The number of hydrogen-bond acceptors (Lipinski definition) is 8. The van der Waals surface area contributed by atoms with Gasteiger partial charge in [-0.2, -0.15) is 4.89 Å². The van der Waals surface area contributed by atoms with Crippen molar-refractivity contribution in [1.29, 1.82) is 0 Å². The Bertz CT molecular complexity index is 1450. The molecule has 0 atom stereocenters. The quantitative estimate of drug-likeness (QED) is 0.144. The average Bonchev–Trinajstić information content (AvgIpc) is 3.02. The van der Waals surface area contributed by atoms with Crippen molar-refractivity contribution in [2.45, 2.75) is 20.1 Å². The molecular formula is C32H28O9. The van der Waals surface area contributed by atoms with Crippen molar-refractivity contribution in [1.82, 2.24) is 0 Å². The number of carbonyl (C=O) groups excluding carboxylic acids is 3. The summed E-state index contributed by atoms with van der Waals surface area (Å²) in [6, 6.07) is 30.8. The van der Waals surface area contributed by atoms with Crippen LogP contribution in [0.4, 0.5) is 0 Å². The van der Waals surface area contributed by atoms with Crippen molar-refractivity contribution in [2.24, 2.45) is 0 Å². The molecule has 4 aromatic carbocycles. The van der Waals surface area contributed by atoms with Crippen molar-refractivity contribution in [2.75, 3.05) is 6.61 Å². The molecule has 0 fully saturated rings. The molecule has 0 aromatic heterocycles. The Balaban J connectivity index is 0.000000228. The lowest BCUT2D eigenvalue weighted by atomic mass is 10.1. The molecular weight excluding hydrogens is 528 g/mol. The Kier molecular flexibility index (Phi) is 11.8. The van der Waals surface area contributed by atoms with E-state index < -0.39 is 23.9 Å². The highest BCUT2D eigenvalue weighted by Crippen LogP contribution is 2.14. The smallest absolute Gasteiger partial charge is 0.373 e. The SMILES string of the molecule is CCOOC(=O)c1ccccc1C(=O)OCc1ccccc1.O=C(O)c1ccccc1C(=O)OCc1ccccc1. The van der Waals surface area contributed by atoms with Crippen LogP contribution in [-0.4, -0.2) is 35.6 Å². The van der Waals surface area contributed by atoms with Crippen molar-refractivity contribution >= 4 is 23.9 Å². The number of carbonyl (C=O) groups is 4. The molecule has 9 heteroatoms. The van der Waals surface area contributed by atoms with Crippen LogP contribution >= 0.6 is 0 Å². The van der Waals surface area contributed by atoms with Gasteiger partial charge in [-0.15, -0.1) is 0 Å².